The SMILES string of the molecule is Cc1noc(C(C)S(=O)(=O)c2ccc3c(c2)OCCO3)n1. The van der Waals surface area contributed by atoms with Crippen LogP contribution in [0.25, 0.3) is 0 Å². The smallest absolute Gasteiger partial charge is 0.245 e. The molecule has 0 fully saturated rings. The monoisotopic (exact) mass is 310 g/mol. The third kappa shape index (κ3) is 2.46. The van der Waals surface area contributed by atoms with Gasteiger partial charge in [0.05, 0.1) is 4.90 Å². The van der Waals surface area contributed by atoms with Crippen LogP contribution < -0.4 is 9.47 Å². The minimum atomic E-state index is -3.64. The van der Waals surface area contributed by atoms with Crippen LogP contribution in [-0.2, 0) is 9.84 Å². The molecular formula is C13H14N2O5S. The molecule has 2 aromatic rings. The maximum Gasteiger partial charge on any atom is 0.245 e. The van der Waals surface area contributed by atoms with Crippen molar-refractivity contribution in [2.45, 2.75) is 24.0 Å². The zero-order valence-electron chi connectivity index (χ0n) is 11.6. The Morgan fingerprint density at radius 3 is 2.57 bits per heavy atom. The number of benzene rings is 1. The summed E-state index contributed by atoms with van der Waals surface area (Å²) < 4.78 is 40.9. The molecule has 3 rings (SSSR count). The number of aryl methyl sites for hydroxylation is 1. The van der Waals surface area contributed by atoms with Gasteiger partial charge in [-0.25, -0.2) is 8.42 Å². The Hall–Kier alpha value is -2.09. The van der Waals surface area contributed by atoms with E-state index in [1.165, 1.54) is 19.1 Å². The van der Waals surface area contributed by atoms with Crippen LogP contribution in [-0.4, -0.2) is 31.8 Å². The molecule has 1 aromatic carbocycles. The first-order valence-corrected chi connectivity index (χ1v) is 7.97. The standard InChI is InChI=1S/C13H14N2O5S/c1-8(13-14-9(2)15-20-13)21(16,17)10-3-4-11-12(7-10)19-6-5-18-11/h3-4,7-8H,5-6H2,1-2H3. The first-order valence-electron chi connectivity index (χ1n) is 6.42. The lowest BCUT2D eigenvalue weighted by atomic mass is 10.3. The number of nitrogens with zero attached hydrogens (tertiary/aromatic N) is 2. The molecule has 8 heteroatoms. The topological polar surface area (TPSA) is 91.5 Å². The fourth-order valence-corrected chi connectivity index (χ4v) is 3.31. The lowest BCUT2D eigenvalue weighted by molar-refractivity contribution is 0.171. The highest BCUT2D eigenvalue weighted by atomic mass is 32.2. The summed E-state index contributed by atoms with van der Waals surface area (Å²) in [5.41, 5.74) is 0. The molecule has 0 bridgehead atoms. The van der Waals surface area contributed by atoms with Crippen molar-refractivity contribution >= 4 is 9.84 Å². The number of aromatic nitrogens is 2. The Balaban J connectivity index is 1.98. The number of hydrogen-bond acceptors (Lipinski definition) is 7. The van der Waals surface area contributed by atoms with E-state index in [-0.39, 0.29) is 10.8 Å². The van der Waals surface area contributed by atoms with Crippen molar-refractivity contribution in [2.24, 2.45) is 0 Å². The second kappa shape index (κ2) is 5.03. The van der Waals surface area contributed by atoms with E-state index in [2.05, 4.69) is 10.1 Å². The first kappa shape index (κ1) is 13.9. The molecule has 0 N–H and O–H groups in total. The molecule has 0 spiro atoms. The number of ether oxygens (including phenoxy) is 2. The summed E-state index contributed by atoms with van der Waals surface area (Å²) in [6, 6.07) is 4.54. The zero-order valence-corrected chi connectivity index (χ0v) is 12.4. The molecule has 0 aliphatic carbocycles. The molecule has 0 saturated carbocycles. The van der Waals surface area contributed by atoms with Crippen LogP contribution in [0.15, 0.2) is 27.6 Å². The second-order valence-corrected chi connectivity index (χ2v) is 6.94. The molecule has 1 aliphatic heterocycles. The fourth-order valence-electron chi connectivity index (χ4n) is 2.02. The van der Waals surface area contributed by atoms with Gasteiger partial charge in [-0.05, 0) is 26.0 Å². The highest BCUT2D eigenvalue weighted by Gasteiger charge is 2.30. The second-order valence-electron chi connectivity index (χ2n) is 4.67. The van der Waals surface area contributed by atoms with Gasteiger partial charge >= 0.3 is 0 Å². The summed E-state index contributed by atoms with van der Waals surface area (Å²) in [5.74, 6) is 1.44. The third-order valence-corrected chi connectivity index (χ3v) is 5.24. The van der Waals surface area contributed by atoms with E-state index in [1.54, 1.807) is 13.0 Å². The Kier molecular flexibility index (Phi) is 3.32. The summed E-state index contributed by atoms with van der Waals surface area (Å²) in [4.78, 5) is 4.11. The van der Waals surface area contributed by atoms with Gasteiger partial charge in [0.2, 0.25) is 5.89 Å². The summed E-state index contributed by atoms with van der Waals surface area (Å²) in [6.07, 6.45) is 0. The summed E-state index contributed by atoms with van der Waals surface area (Å²) in [5, 5.41) is 2.69. The van der Waals surface area contributed by atoms with E-state index >= 15 is 0 Å². The van der Waals surface area contributed by atoms with Gasteiger partial charge in [-0.2, -0.15) is 4.98 Å². The van der Waals surface area contributed by atoms with Gasteiger partial charge in [-0.3, -0.25) is 0 Å². The molecule has 7 nitrogen and oxygen atoms in total. The van der Waals surface area contributed by atoms with E-state index in [9.17, 15) is 8.42 Å². The van der Waals surface area contributed by atoms with E-state index < -0.39 is 15.1 Å². The minimum Gasteiger partial charge on any atom is -0.486 e. The highest BCUT2D eigenvalue weighted by molar-refractivity contribution is 7.91. The van der Waals surface area contributed by atoms with Crippen molar-refractivity contribution in [3.8, 4) is 11.5 Å². The minimum absolute atomic E-state index is 0.0717. The number of rotatable bonds is 3. The average molecular weight is 310 g/mol. The summed E-state index contributed by atoms with van der Waals surface area (Å²) in [7, 11) is -3.64. The molecular weight excluding hydrogens is 296 g/mol. The lowest BCUT2D eigenvalue weighted by Gasteiger charge is -2.19. The molecule has 1 aliphatic rings. The Labute approximate surface area is 121 Å². The molecule has 1 unspecified atom stereocenters. The third-order valence-electron chi connectivity index (χ3n) is 3.20. The Morgan fingerprint density at radius 1 is 1.19 bits per heavy atom. The summed E-state index contributed by atoms with van der Waals surface area (Å²) in [6.45, 7) is 4.00. The molecule has 21 heavy (non-hydrogen) atoms. The number of sulfone groups is 1. The van der Waals surface area contributed by atoms with Crippen molar-refractivity contribution in [3.05, 3.63) is 29.9 Å². The van der Waals surface area contributed by atoms with Crippen LogP contribution in [0.2, 0.25) is 0 Å². The Morgan fingerprint density at radius 2 is 1.90 bits per heavy atom. The quantitative estimate of drug-likeness (QED) is 0.851. The van der Waals surface area contributed by atoms with Crippen molar-refractivity contribution in [1.82, 2.24) is 10.1 Å². The molecule has 112 valence electrons. The van der Waals surface area contributed by atoms with Crippen LogP contribution >= 0.6 is 0 Å². The molecule has 1 atom stereocenters. The predicted octanol–water partition coefficient (Wildman–Crippen LogP) is 1.68. The predicted molar refractivity (Wildman–Crippen MR) is 72.1 cm³/mol. The van der Waals surface area contributed by atoms with Gasteiger partial charge in [0.1, 0.15) is 18.5 Å². The van der Waals surface area contributed by atoms with Gasteiger partial charge in [0.25, 0.3) is 0 Å². The zero-order chi connectivity index (χ0) is 15.0. The average Bonchev–Trinajstić information content (AvgIpc) is 2.92. The van der Waals surface area contributed by atoms with Crippen LogP contribution in [0.1, 0.15) is 23.9 Å². The van der Waals surface area contributed by atoms with Gasteiger partial charge in [0, 0.05) is 6.07 Å². The number of fused-ring (bicyclic) bond motifs is 1. The van der Waals surface area contributed by atoms with Gasteiger partial charge in [-0.15, -0.1) is 0 Å². The first-order chi connectivity index (χ1) is 9.98. The Bertz CT molecular complexity index is 769. The maximum absolute atomic E-state index is 12.6. The highest BCUT2D eigenvalue weighted by Crippen LogP contribution is 2.35. The fraction of sp³-hybridized carbons (Fsp3) is 0.385. The van der Waals surface area contributed by atoms with Gasteiger partial charge in [-0.1, -0.05) is 5.16 Å². The summed E-state index contributed by atoms with van der Waals surface area (Å²) >= 11 is 0. The van der Waals surface area contributed by atoms with E-state index in [4.69, 9.17) is 14.0 Å². The van der Waals surface area contributed by atoms with Gasteiger partial charge in [0.15, 0.2) is 27.2 Å². The van der Waals surface area contributed by atoms with Crippen LogP contribution in [0.3, 0.4) is 0 Å². The van der Waals surface area contributed by atoms with Crippen LogP contribution in [0.5, 0.6) is 11.5 Å². The lowest BCUT2D eigenvalue weighted by Crippen LogP contribution is -2.16. The van der Waals surface area contributed by atoms with E-state index in [0.29, 0.717) is 30.5 Å². The molecule has 0 saturated heterocycles. The maximum atomic E-state index is 12.6. The van der Waals surface area contributed by atoms with Crippen molar-refractivity contribution < 1.29 is 22.4 Å². The normalized spacial score (nSPS) is 15.7. The molecule has 1 aromatic heterocycles. The molecule has 0 amide bonds. The largest absolute Gasteiger partial charge is 0.486 e. The van der Waals surface area contributed by atoms with Gasteiger partial charge < -0.3 is 14.0 Å². The van der Waals surface area contributed by atoms with Crippen LogP contribution in [0.4, 0.5) is 0 Å². The van der Waals surface area contributed by atoms with Crippen molar-refractivity contribution in [1.29, 1.82) is 0 Å². The molecule has 2 heterocycles. The molecule has 0 radical (unpaired) electrons. The van der Waals surface area contributed by atoms with E-state index in [1.807, 2.05) is 0 Å². The number of hydrogen-bond donors (Lipinski definition) is 0. The van der Waals surface area contributed by atoms with Crippen molar-refractivity contribution in [2.75, 3.05) is 13.2 Å². The van der Waals surface area contributed by atoms with E-state index in [0.717, 1.165) is 0 Å². The van der Waals surface area contributed by atoms with Crippen LogP contribution in [0, 0.1) is 6.92 Å². The van der Waals surface area contributed by atoms with Crippen molar-refractivity contribution in [3.63, 3.8) is 0 Å².